The Labute approximate surface area is 115 Å². The third-order valence-corrected chi connectivity index (χ3v) is 4.25. The highest BCUT2D eigenvalue weighted by molar-refractivity contribution is 5.01. The Morgan fingerprint density at radius 2 is 1.33 bits per heavy atom. The molecule has 1 aliphatic carbocycles. The molecule has 0 bridgehead atoms. The molecule has 18 heavy (non-hydrogen) atoms. The Hall–Kier alpha value is -0.0400. The van der Waals surface area contributed by atoms with Gasteiger partial charge in [-0.3, -0.25) is 0 Å². The van der Waals surface area contributed by atoms with Crippen LogP contribution in [-0.2, 0) is 0 Å². The van der Waals surface area contributed by atoms with Crippen LogP contribution < -0.4 is 5.73 Å². The van der Waals surface area contributed by atoms with Crippen molar-refractivity contribution in [3.63, 3.8) is 0 Å². The molecule has 0 saturated heterocycles. The zero-order valence-corrected chi connectivity index (χ0v) is 13.8. The van der Waals surface area contributed by atoms with Crippen molar-refractivity contribution in [3.8, 4) is 0 Å². The number of rotatable bonds is 4. The van der Waals surface area contributed by atoms with Gasteiger partial charge in [0.05, 0.1) is 0 Å². The highest BCUT2D eigenvalue weighted by Crippen LogP contribution is 2.51. The van der Waals surface area contributed by atoms with Gasteiger partial charge in [-0.05, 0) is 54.8 Å². The maximum Gasteiger partial charge on any atom is 0.0167 e. The van der Waals surface area contributed by atoms with E-state index < -0.39 is 0 Å². The first-order valence-corrected chi connectivity index (χ1v) is 7.72. The molecular weight excluding hydrogens is 218 g/mol. The second kappa shape index (κ2) is 5.15. The van der Waals surface area contributed by atoms with Crippen LogP contribution in [0, 0.1) is 22.7 Å². The maximum absolute atomic E-state index is 6.79. The lowest BCUT2D eigenvalue weighted by Gasteiger charge is -2.51. The molecule has 0 aliphatic heterocycles. The minimum atomic E-state index is 0.0551. The summed E-state index contributed by atoms with van der Waals surface area (Å²) in [6, 6.07) is 0. The van der Waals surface area contributed by atoms with E-state index >= 15 is 0 Å². The Kier molecular flexibility index (Phi) is 4.58. The van der Waals surface area contributed by atoms with Crippen LogP contribution in [0.5, 0.6) is 0 Å². The molecule has 0 radical (unpaired) electrons. The highest BCUT2D eigenvalue weighted by atomic mass is 14.8. The van der Waals surface area contributed by atoms with Crippen LogP contribution in [0.15, 0.2) is 0 Å². The van der Waals surface area contributed by atoms with Crippen molar-refractivity contribution in [2.45, 2.75) is 86.1 Å². The van der Waals surface area contributed by atoms with Gasteiger partial charge in [-0.25, -0.2) is 0 Å². The molecule has 0 aromatic rings. The Morgan fingerprint density at radius 3 is 1.72 bits per heavy atom. The van der Waals surface area contributed by atoms with E-state index in [1.807, 2.05) is 0 Å². The minimum absolute atomic E-state index is 0.0551. The summed E-state index contributed by atoms with van der Waals surface area (Å²) in [5, 5.41) is 0. The smallest absolute Gasteiger partial charge is 0.0167 e. The highest BCUT2D eigenvalue weighted by Gasteiger charge is 2.45. The van der Waals surface area contributed by atoms with Gasteiger partial charge < -0.3 is 5.73 Å². The van der Waals surface area contributed by atoms with E-state index in [4.69, 9.17) is 5.73 Å². The topological polar surface area (TPSA) is 26.0 Å². The lowest BCUT2D eigenvalue weighted by atomic mass is 9.57. The van der Waals surface area contributed by atoms with Gasteiger partial charge in [0, 0.05) is 5.54 Å². The fourth-order valence-corrected chi connectivity index (χ4v) is 5.12. The second-order valence-corrected chi connectivity index (χ2v) is 9.16. The predicted octanol–water partition coefficient (Wildman–Crippen LogP) is 4.99. The molecule has 0 amide bonds. The second-order valence-electron chi connectivity index (χ2n) is 9.16. The minimum Gasteiger partial charge on any atom is -0.325 e. The van der Waals surface area contributed by atoms with Crippen molar-refractivity contribution in [3.05, 3.63) is 0 Å². The van der Waals surface area contributed by atoms with Crippen LogP contribution in [0.1, 0.15) is 80.6 Å². The van der Waals surface area contributed by atoms with Crippen LogP contribution in [0.25, 0.3) is 0 Å². The average molecular weight is 253 g/mol. The monoisotopic (exact) mass is 253 g/mol. The summed E-state index contributed by atoms with van der Waals surface area (Å²) in [6.45, 7) is 16.6. The molecule has 1 atom stereocenters. The zero-order chi connectivity index (χ0) is 14.2. The molecule has 0 aromatic heterocycles. The van der Waals surface area contributed by atoms with E-state index in [1.165, 1.54) is 32.1 Å². The van der Waals surface area contributed by atoms with Gasteiger partial charge in [0.2, 0.25) is 0 Å². The molecule has 0 spiro atoms. The van der Waals surface area contributed by atoms with E-state index in [0.29, 0.717) is 10.8 Å². The first-order chi connectivity index (χ1) is 7.93. The average Bonchev–Trinajstić information content (AvgIpc) is 1.90. The largest absolute Gasteiger partial charge is 0.325 e. The van der Waals surface area contributed by atoms with Gasteiger partial charge in [-0.15, -0.1) is 0 Å². The van der Waals surface area contributed by atoms with E-state index in [0.717, 1.165) is 11.8 Å². The van der Waals surface area contributed by atoms with Crippen molar-refractivity contribution in [2.75, 3.05) is 0 Å². The molecule has 1 saturated carbocycles. The molecule has 0 aromatic carbocycles. The lowest BCUT2D eigenvalue weighted by Crippen LogP contribution is -2.52. The van der Waals surface area contributed by atoms with E-state index in [1.54, 1.807) is 0 Å². The summed E-state index contributed by atoms with van der Waals surface area (Å²) in [6.07, 6.45) is 6.17. The van der Waals surface area contributed by atoms with Crippen LogP contribution in [0.3, 0.4) is 0 Å². The standard InChI is InChI=1S/C17H35N/c1-13(2)8-14(3)9-17(18)11-15(4,5)10-16(6,7)12-17/h13-14H,8-12,18H2,1-7H3. The summed E-state index contributed by atoms with van der Waals surface area (Å²) in [4.78, 5) is 0. The molecule has 1 aliphatic rings. The Balaban J connectivity index is 2.72. The number of nitrogens with two attached hydrogens (primary N) is 1. The SMILES string of the molecule is CC(C)CC(C)CC1(N)CC(C)(C)CC(C)(C)C1. The first-order valence-electron chi connectivity index (χ1n) is 7.72. The summed E-state index contributed by atoms with van der Waals surface area (Å²) in [7, 11) is 0. The molecule has 108 valence electrons. The van der Waals surface area contributed by atoms with Crippen molar-refractivity contribution in [2.24, 2.45) is 28.4 Å². The van der Waals surface area contributed by atoms with Gasteiger partial charge in [-0.2, -0.15) is 0 Å². The van der Waals surface area contributed by atoms with Crippen molar-refractivity contribution < 1.29 is 0 Å². The van der Waals surface area contributed by atoms with Crippen LogP contribution in [0.2, 0.25) is 0 Å². The molecule has 1 nitrogen and oxygen atoms in total. The normalized spacial score (nSPS) is 27.2. The van der Waals surface area contributed by atoms with Crippen molar-refractivity contribution >= 4 is 0 Å². The lowest BCUT2D eigenvalue weighted by molar-refractivity contribution is 0.0359. The summed E-state index contributed by atoms with van der Waals surface area (Å²) in [5.41, 5.74) is 7.64. The number of hydrogen-bond acceptors (Lipinski definition) is 1. The molecule has 1 fully saturated rings. The summed E-state index contributed by atoms with van der Waals surface area (Å²) >= 11 is 0. The molecule has 0 heterocycles. The van der Waals surface area contributed by atoms with Crippen molar-refractivity contribution in [1.82, 2.24) is 0 Å². The summed E-state index contributed by atoms with van der Waals surface area (Å²) < 4.78 is 0. The van der Waals surface area contributed by atoms with Gasteiger partial charge in [0.25, 0.3) is 0 Å². The third-order valence-electron chi connectivity index (χ3n) is 4.25. The molecule has 1 heteroatoms. The fraction of sp³-hybridized carbons (Fsp3) is 1.00. The van der Waals surface area contributed by atoms with E-state index in [2.05, 4.69) is 48.5 Å². The third kappa shape index (κ3) is 4.91. The Bertz CT molecular complexity index is 259. The number of hydrogen-bond donors (Lipinski definition) is 1. The predicted molar refractivity (Wildman–Crippen MR) is 81.6 cm³/mol. The summed E-state index contributed by atoms with van der Waals surface area (Å²) in [5.74, 6) is 1.54. The molecular formula is C17H35N. The van der Waals surface area contributed by atoms with E-state index in [9.17, 15) is 0 Å². The quantitative estimate of drug-likeness (QED) is 0.750. The molecule has 1 rings (SSSR count). The van der Waals surface area contributed by atoms with Crippen LogP contribution in [-0.4, -0.2) is 5.54 Å². The van der Waals surface area contributed by atoms with Crippen molar-refractivity contribution in [1.29, 1.82) is 0 Å². The Morgan fingerprint density at radius 1 is 0.889 bits per heavy atom. The van der Waals surface area contributed by atoms with Gasteiger partial charge in [0.15, 0.2) is 0 Å². The maximum atomic E-state index is 6.79. The fourth-order valence-electron chi connectivity index (χ4n) is 5.12. The van der Waals surface area contributed by atoms with Crippen LogP contribution >= 0.6 is 0 Å². The first kappa shape index (κ1) is 16.0. The molecule has 1 unspecified atom stereocenters. The van der Waals surface area contributed by atoms with Gasteiger partial charge in [-0.1, -0.05) is 48.5 Å². The van der Waals surface area contributed by atoms with Crippen LogP contribution in [0.4, 0.5) is 0 Å². The molecule has 2 N–H and O–H groups in total. The van der Waals surface area contributed by atoms with Gasteiger partial charge >= 0.3 is 0 Å². The zero-order valence-electron chi connectivity index (χ0n) is 13.8. The van der Waals surface area contributed by atoms with E-state index in [-0.39, 0.29) is 5.54 Å². The van der Waals surface area contributed by atoms with Gasteiger partial charge in [0.1, 0.15) is 0 Å².